The van der Waals surface area contributed by atoms with Crippen molar-refractivity contribution >= 4 is 58.0 Å². The van der Waals surface area contributed by atoms with Crippen LogP contribution in [0.25, 0.3) is 0 Å². The van der Waals surface area contributed by atoms with Gasteiger partial charge in [0, 0.05) is 10.7 Å². The van der Waals surface area contributed by atoms with Crippen molar-refractivity contribution in [2.24, 2.45) is 0 Å². The van der Waals surface area contributed by atoms with Gasteiger partial charge in [-0.3, -0.25) is 4.79 Å². The highest BCUT2D eigenvalue weighted by Crippen LogP contribution is 2.29. The summed E-state index contributed by atoms with van der Waals surface area (Å²) in [6.07, 6.45) is -0.756. The van der Waals surface area contributed by atoms with E-state index in [0.29, 0.717) is 31.5 Å². The Kier molecular flexibility index (Phi) is 5.81. The number of halogens is 4. The molecule has 0 radical (unpaired) electrons. The summed E-state index contributed by atoms with van der Waals surface area (Å²) in [4.78, 5) is 12.1. The van der Waals surface area contributed by atoms with Crippen LogP contribution in [0.15, 0.2) is 36.4 Å². The van der Waals surface area contributed by atoms with Gasteiger partial charge < -0.3 is 10.1 Å². The topological polar surface area (TPSA) is 38.3 Å². The molecule has 0 aliphatic heterocycles. The molecule has 0 heterocycles. The highest BCUT2D eigenvalue weighted by atomic mass is 35.5. The van der Waals surface area contributed by atoms with Crippen LogP contribution in [0.2, 0.25) is 20.1 Å². The lowest BCUT2D eigenvalue weighted by atomic mass is 10.3. The van der Waals surface area contributed by atoms with Crippen LogP contribution in [0, 0.1) is 0 Å². The Bertz CT molecular complexity index is 706. The predicted octanol–water partition coefficient (Wildman–Crippen LogP) is 5.71. The SMILES string of the molecule is C[C@@H](Oc1ccc(Cl)cc1Cl)C(=O)Nc1ccc(Cl)c(Cl)c1. The van der Waals surface area contributed by atoms with E-state index in [4.69, 9.17) is 51.1 Å². The van der Waals surface area contributed by atoms with E-state index >= 15 is 0 Å². The van der Waals surface area contributed by atoms with E-state index in [2.05, 4.69) is 5.32 Å². The first-order chi connectivity index (χ1) is 10.4. The Balaban J connectivity index is 2.04. The number of anilines is 1. The molecule has 7 heteroatoms. The number of hydrogen-bond donors (Lipinski definition) is 1. The zero-order chi connectivity index (χ0) is 16.3. The van der Waals surface area contributed by atoms with Crippen molar-refractivity contribution in [1.82, 2.24) is 0 Å². The molecule has 3 nitrogen and oxygen atoms in total. The van der Waals surface area contributed by atoms with Crippen LogP contribution in [-0.2, 0) is 4.79 Å². The monoisotopic (exact) mass is 377 g/mol. The molecule has 0 fully saturated rings. The van der Waals surface area contributed by atoms with E-state index in [1.54, 1.807) is 43.3 Å². The normalized spacial score (nSPS) is 11.9. The Morgan fingerprint density at radius 1 is 1.00 bits per heavy atom. The summed E-state index contributed by atoms with van der Waals surface area (Å²) in [6.45, 7) is 1.61. The van der Waals surface area contributed by atoms with Crippen molar-refractivity contribution in [2.45, 2.75) is 13.0 Å². The molecule has 0 aliphatic rings. The van der Waals surface area contributed by atoms with Crippen LogP contribution in [0.1, 0.15) is 6.92 Å². The molecule has 2 aromatic carbocycles. The van der Waals surface area contributed by atoms with Crippen molar-refractivity contribution in [1.29, 1.82) is 0 Å². The Hall–Kier alpha value is -1.13. The molecule has 0 bridgehead atoms. The van der Waals surface area contributed by atoms with E-state index in [0.717, 1.165) is 0 Å². The molecule has 1 N–H and O–H groups in total. The number of rotatable bonds is 4. The molecule has 0 aromatic heterocycles. The minimum atomic E-state index is -0.756. The first kappa shape index (κ1) is 17.2. The van der Waals surface area contributed by atoms with Crippen LogP contribution in [-0.4, -0.2) is 12.0 Å². The predicted molar refractivity (Wildman–Crippen MR) is 91.6 cm³/mol. The van der Waals surface area contributed by atoms with Gasteiger partial charge in [0.25, 0.3) is 5.91 Å². The lowest BCUT2D eigenvalue weighted by molar-refractivity contribution is -0.122. The first-order valence-electron chi connectivity index (χ1n) is 6.24. The highest BCUT2D eigenvalue weighted by molar-refractivity contribution is 6.42. The number of hydrogen-bond acceptors (Lipinski definition) is 2. The summed E-state index contributed by atoms with van der Waals surface area (Å²) in [5, 5.41) is 4.28. The van der Waals surface area contributed by atoms with Gasteiger partial charge in [-0.05, 0) is 43.3 Å². The van der Waals surface area contributed by atoms with Crippen LogP contribution in [0.3, 0.4) is 0 Å². The summed E-state index contributed by atoms with van der Waals surface area (Å²) in [6, 6.07) is 9.58. The van der Waals surface area contributed by atoms with Gasteiger partial charge in [-0.2, -0.15) is 0 Å². The van der Waals surface area contributed by atoms with Gasteiger partial charge in [0.05, 0.1) is 15.1 Å². The molecule has 1 atom stereocenters. The highest BCUT2D eigenvalue weighted by Gasteiger charge is 2.17. The molecular formula is C15H11Cl4NO2. The largest absolute Gasteiger partial charge is 0.479 e. The van der Waals surface area contributed by atoms with Crippen molar-refractivity contribution in [2.75, 3.05) is 5.32 Å². The molecule has 2 rings (SSSR count). The molecule has 116 valence electrons. The molecule has 0 saturated heterocycles. The first-order valence-corrected chi connectivity index (χ1v) is 7.75. The number of nitrogens with one attached hydrogen (secondary N) is 1. The average molecular weight is 379 g/mol. The molecular weight excluding hydrogens is 368 g/mol. The van der Waals surface area contributed by atoms with Crippen LogP contribution < -0.4 is 10.1 Å². The third-order valence-electron chi connectivity index (χ3n) is 2.75. The minimum Gasteiger partial charge on any atom is -0.479 e. The average Bonchev–Trinajstić information content (AvgIpc) is 2.45. The van der Waals surface area contributed by atoms with Gasteiger partial charge >= 0.3 is 0 Å². The Morgan fingerprint density at radius 3 is 2.36 bits per heavy atom. The van der Waals surface area contributed by atoms with Gasteiger partial charge in [-0.25, -0.2) is 0 Å². The van der Waals surface area contributed by atoms with E-state index in [-0.39, 0.29) is 5.91 Å². The molecule has 2 aromatic rings. The standard InChI is InChI=1S/C15H11Cl4NO2/c1-8(22-14-5-2-9(16)6-13(14)19)15(21)20-10-3-4-11(17)12(18)7-10/h2-8H,1H3,(H,20,21)/t8-/m1/s1. The summed E-state index contributed by atoms with van der Waals surface area (Å²) in [5.74, 6) is 0.0345. The number of carbonyl (C=O) groups excluding carboxylic acids is 1. The van der Waals surface area contributed by atoms with Crippen LogP contribution >= 0.6 is 46.4 Å². The van der Waals surface area contributed by atoms with E-state index < -0.39 is 6.10 Å². The van der Waals surface area contributed by atoms with Crippen LogP contribution in [0.4, 0.5) is 5.69 Å². The lowest BCUT2D eigenvalue weighted by Gasteiger charge is -2.16. The van der Waals surface area contributed by atoms with Crippen molar-refractivity contribution < 1.29 is 9.53 Å². The minimum absolute atomic E-state index is 0.335. The van der Waals surface area contributed by atoms with E-state index in [1.165, 1.54) is 0 Å². The van der Waals surface area contributed by atoms with Gasteiger partial charge in [0.15, 0.2) is 6.10 Å². The summed E-state index contributed by atoms with van der Waals surface area (Å²) in [7, 11) is 0. The molecule has 0 aliphatic carbocycles. The quantitative estimate of drug-likeness (QED) is 0.740. The smallest absolute Gasteiger partial charge is 0.265 e. The number of carbonyl (C=O) groups is 1. The Morgan fingerprint density at radius 2 is 1.73 bits per heavy atom. The molecule has 0 unspecified atom stereocenters. The maximum atomic E-state index is 12.1. The summed E-state index contributed by atoms with van der Waals surface area (Å²) in [5.41, 5.74) is 0.525. The summed E-state index contributed by atoms with van der Waals surface area (Å²) >= 11 is 23.5. The van der Waals surface area contributed by atoms with Gasteiger partial charge in [0.2, 0.25) is 0 Å². The zero-order valence-electron chi connectivity index (χ0n) is 11.4. The van der Waals surface area contributed by atoms with Gasteiger partial charge in [-0.1, -0.05) is 46.4 Å². The fraction of sp³-hybridized carbons (Fsp3) is 0.133. The van der Waals surface area contributed by atoms with Gasteiger partial charge in [-0.15, -0.1) is 0 Å². The summed E-state index contributed by atoms with van der Waals surface area (Å²) < 4.78 is 5.53. The van der Waals surface area contributed by atoms with Crippen LogP contribution in [0.5, 0.6) is 5.75 Å². The third kappa shape index (κ3) is 4.43. The second-order valence-corrected chi connectivity index (χ2v) is 6.11. The molecule has 1 amide bonds. The van der Waals surface area contributed by atoms with E-state index in [9.17, 15) is 4.79 Å². The maximum Gasteiger partial charge on any atom is 0.265 e. The van der Waals surface area contributed by atoms with E-state index in [1.807, 2.05) is 0 Å². The number of ether oxygens (including phenoxy) is 1. The fourth-order valence-electron chi connectivity index (χ4n) is 1.63. The molecule has 22 heavy (non-hydrogen) atoms. The lowest BCUT2D eigenvalue weighted by Crippen LogP contribution is -2.30. The number of benzene rings is 2. The second-order valence-electron chi connectivity index (χ2n) is 4.45. The Labute approximate surface area is 148 Å². The zero-order valence-corrected chi connectivity index (χ0v) is 14.4. The van der Waals surface area contributed by atoms with Crippen molar-refractivity contribution in [3.05, 3.63) is 56.5 Å². The van der Waals surface area contributed by atoms with Gasteiger partial charge in [0.1, 0.15) is 5.75 Å². The van der Waals surface area contributed by atoms with Crippen molar-refractivity contribution in [3.8, 4) is 5.75 Å². The fourth-order valence-corrected chi connectivity index (χ4v) is 2.38. The third-order valence-corrected chi connectivity index (χ3v) is 4.02. The maximum absolute atomic E-state index is 12.1. The number of amides is 1. The molecule has 0 saturated carbocycles. The van der Waals surface area contributed by atoms with Crippen molar-refractivity contribution in [3.63, 3.8) is 0 Å². The molecule has 0 spiro atoms. The second kappa shape index (κ2) is 7.42.